The van der Waals surface area contributed by atoms with Gasteiger partial charge in [-0.2, -0.15) is 4.98 Å². The van der Waals surface area contributed by atoms with E-state index in [1.54, 1.807) is 0 Å². The molecule has 1 N–H and O–H groups in total. The maximum Gasteiger partial charge on any atom is 0.246 e. The highest BCUT2D eigenvalue weighted by Crippen LogP contribution is 2.19. The van der Waals surface area contributed by atoms with Gasteiger partial charge in [0.15, 0.2) is 5.82 Å². The van der Waals surface area contributed by atoms with Gasteiger partial charge in [-0.3, -0.25) is 0 Å². The van der Waals surface area contributed by atoms with E-state index in [0.717, 1.165) is 16.6 Å². The molecule has 5 heteroatoms. The average Bonchev–Trinajstić information content (AvgIpc) is 2.78. The normalized spacial score (nSPS) is 11.8. The molecule has 2 aromatic rings. The zero-order valence-electron chi connectivity index (χ0n) is 11.4. The van der Waals surface area contributed by atoms with Crippen LogP contribution in [0.3, 0.4) is 0 Å². The molecule has 0 amide bonds. The van der Waals surface area contributed by atoms with Crippen LogP contribution < -0.4 is 5.32 Å². The van der Waals surface area contributed by atoms with Gasteiger partial charge in [-0.05, 0) is 38.1 Å². The number of aromatic nitrogens is 2. The second-order valence-corrected chi connectivity index (χ2v) is 5.89. The SMILES string of the molecule is CCNC(C)(C)c1nc(Cc2cccc(Br)c2)no1. The lowest BCUT2D eigenvalue weighted by Gasteiger charge is -2.20. The molecular weight excluding hydrogens is 306 g/mol. The minimum atomic E-state index is -0.294. The summed E-state index contributed by atoms with van der Waals surface area (Å²) < 4.78 is 6.41. The Hall–Kier alpha value is -1.20. The van der Waals surface area contributed by atoms with Gasteiger partial charge in [-0.1, -0.05) is 40.1 Å². The van der Waals surface area contributed by atoms with Crippen molar-refractivity contribution >= 4 is 15.9 Å². The van der Waals surface area contributed by atoms with E-state index in [1.165, 1.54) is 0 Å². The summed E-state index contributed by atoms with van der Waals surface area (Å²) in [5, 5.41) is 7.37. The molecule has 0 atom stereocenters. The molecule has 0 saturated carbocycles. The van der Waals surface area contributed by atoms with E-state index in [1.807, 2.05) is 26.0 Å². The van der Waals surface area contributed by atoms with E-state index in [-0.39, 0.29) is 5.54 Å². The fourth-order valence-electron chi connectivity index (χ4n) is 1.93. The monoisotopic (exact) mass is 323 g/mol. The van der Waals surface area contributed by atoms with Gasteiger partial charge in [0.1, 0.15) is 0 Å². The van der Waals surface area contributed by atoms with Crippen LogP contribution in [0.15, 0.2) is 33.3 Å². The zero-order valence-corrected chi connectivity index (χ0v) is 13.0. The van der Waals surface area contributed by atoms with Crippen molar-refractivity contribution in [2.45, 2.75) is 32.7 Å². The smallest absolute Gasteiger partial charge is 0.246 e. The Balaban J connectivity index is 2.13. The Bertz CT molecular complexity index is 551. The van der Waals surface area contributed by atoms with E-state index >= 15 is 0 Å². The molecule has 0 fully saturated rings. The number of nitrogens with one attached hydrogen (secondary N) is 1. The molecule has 19 heavy (non-hydrogen) atoms. The zero-order chi connectivity index (χ0) is 13.9. The van der Waals surface area contributed by atoms with E-state index < -0.39 is 0 Å². The standard InChI is InChI=1S/C14H18BrN3O/c1-4-16-14(2,3)13-17-12(18-19-13)9-10-6-5-7-11(15)8-10/h5-8,16H,4,9H2,1-3H3. The Labute approximate surface area is 121 Å². The highest BCUT2D eigenvalue weighted by atomic mass is 79.9. The van der Waals surface area contributed by atoms with Crippen molar-refractivity contribution in [1.29, 1.82) is 0 Å². The third-order valence-electron chi connectivity index (χ3n) is 2.87. The van der Waals surface area contributed by atoms with Crippen LogP contribution in [0.25, 0.3) is 0 Å². The molecule has 0 spiro atoms. The lowest BCUT2D eigenvalue weighted by molar-refractivity contribution is 0.271. The maximum atomic E-state index is 5.35. The predicted octanol–water partition coefficient (Wildman–Crippen LogP) is 3.27. The van der Waals surface area contributed by atoms with Crippen LogP contribution >= 0.6 is 15.9 Å². The third kappa shape index (κ3) is 3.64. The van der Waals surface area contributed by atoms with Crippen molar-refractivity contribution in [3.8, 4) is 0 Å². The average molecular weight is 324 g/mol. The van der Waals surface area contributed by atoms with Gasteiger partial charge >= 0.3 is 0 Å². The molecule has 4 nitrogen and oxygen atoms in total. The Kier molecular flexibility index (Phi) is 4.37. The highest BCUT2D eigenvalue weighted by molar-refractivity contribution is 9.10. The third-order valence-corrected chi connectivity index (χ3v) is 3.37. The first-order valence-corrected chi connectivity index (χ1v) is 7.13. The number of nitrogens with zero attached hydrogens (tertiary/aromatic N) is 2. The summed E-state index contributed by atoms with van der Waals surface area (Å²) in [4.78, 5) is 4.47. The van der Waals surface area contributed by atoms with E-state index in [2.05, 4.69) is 50.4 Å². The van der Waals surface area contributed by atoms with Crippen LogP contribution in [0.1, 0.15) is 38.0 Å². The van der Waals surface area contributed by atoms with Crippen LogP contribution in [0.2, 0.25) is 0 Å². The lowest BCUT2D eigenvalue weighted by Crippen LogP contribution is -2.36. The summed E-state index contributed by atoms with van der Waals surface area (Å²) in [5.74, 6) is 1.33. The topological polar surface area (TPSA) is 51.0 Å². The highest BCUT2D eigenvalue weighted by Gasteiger charge is 2.26. The molecule has 0 radical (unpaired) electrons. The van der Waals surface area contributed by atoms with Crippen molar-refractivity contribution in [1.82, 2.24) is 15.5 Å². The van der Waals surface area contributed by atoms with Crippen molar-refractivity contribution < 1.29 is 4.52 Å². The van der Waals surface area contributed by atoms with Crippen molar-refractivity contribution in [2.24, 2.45) is 0 Å². The summed E-state index contributed by atoms with van der Waals surface area (Å²) in [6.45, 7) is 6.98. The molecule has 0 aliphatic carbocycles. The van der Waals surface area contributed by atoms with Gasteiger partial charge in [-0.15, -0.1) is 0 Å². The Morgan fingerprint density at radius 2 is 2.16 bits per heavy atom. The fourth-order valence-corrected chi connectivity index (χ4v) is 2.37. The quantitative estimate of drug-likeness (QED) is 0.917. The largest absolute Gasteiger partial charge is 0.337 e. The summed E-state index contributed by atoms with van der Waals surface area (Å²) in [6, 6.07) is 8.12. The Morgan fingerprint density at radius 3 is 2.84 bits per heavy atom. The first-order chi connectivity index (χ1) is 9.01. The van der Waals surface area contributed by atoms with Crippen molar-refractivity contribution in [3.05, 3.63) is 46.0 Å². The second kappa shape index (κ2) is 5.84. The molecule has 1 heterocycles. The van der Waals surface area contributed by atoms with Crippen molar-refractivity contribution in [2.75, 3.05) is 6.54 Å². The van der Waals surface area contributed by atoms with Gasteiger partial charge in [0.25, 0.3) is 0 Å². The fraction of sp³-hybridized carbons (Fsp3) is 0.429. The number of hydrogen-bond acceptors (Lipinski definition) is 4. The van der Waals surface area contributed by atoms with Crippen LogP contribution in [-0.2, 0) is 12.0 Å². The van der Waals surface area contributed by atoms with E-state index in [0.29, 0.717) is 18.1 Å². The van der Waals surface area contributed by atoms with Gasteiger partial charge in [0.2, 0.25) is 5.89 Å². The first-order valence-electron chi connectivity index (χ1n) is 6.34. The minimum Gasteiger partial charge on any atom is -0.337 e. The summed E-state index contributed by atoms with van der Waals surface area (Å²) >= 11 is 3.46. The van der Waals surface area contributed by atoms with Gasteiger partial charge in [0, 0.05) is 10.9 Å². The molecule has 1 aromatic carbocycles. The molecule has 0 aliphatic heterocycles. The van der Waals surface area contributed by atoms with Gasteiger partial charge < -0.3 is 9.84 Å². The van der Waals surface area contributed by atoms with Crippen LogP contribution in [0, 0.1) is 0 Å². The molecule has 0 unspecified atom stereocenters. The number of halogens is 1. The molecule has 102 valence electrons. The molecule has 0 saturated heterocycles. The maximum absolute atomic E-state index is 5.35. The lowest BCUT2D eigenvalue weighted by atomic mass is 10.1. The van der Waals surface area contributed by atoms with Crippen LogP contribution in [0.5, 0.6) is 0 Å². The molecule has 0 bridgehead atoms. The number of benzene rings is 1. The summed E-state index contributed by atoms with van der Waals surface area (Å²) in [7, 11) is 0. The first kappa shape index (κ1) is 14.2. The molecular formula is C14H18BrN3O. The van der Waals surface area contributed by atoms with Gasteiger partial charge in [-0.25, -0.2) is 0 Å². The van der Waals surface area contributed by atoms with Gasteiger partial charge in [0.05, 0.1) is 5.54 Å². The summed E-state index contributed by atoms with van der Waals surface area (Å²) in [5.41, 5.74) is 0.861. The van der Waals surface area contributed by atoms with E-state index in [9.17, 15) is 0 Å². The predicted molar refractivity (Wildman–Crippen MR) is 77.9 cm³/mol. The number of rotatable bonds is 5. The van der Waals surface area contributed by atoms with Crippen molar-refractivity contribution in [3.63, 3.8) is 0 Å². The molecule has 0 aliphatic rings. The van der Waals surface area contributed by atoms with E-state index in [4.69, 9.17) is 4.52 Å². The van der Waals surface area contributed by atoms with Crippen LogP contribution in [-0.4, -0.2) is 16.7 Å². The minimum absolute atomic E-state index is 0.294. The Morgan fingerprint density at radius 1 is 1.37 bits per heavy atom. The number of hydrogen-bond donors (Lipinski definition) is 1. The van der Waals surface area contributed by atoms with Crippen LogP contribution in [0.4, 0.5) is 0 Å². The second-order valence-electron chi connectivity index (χ2n) is 4.98. The molecule has 1 aromatic heterocycles. The molecule has 2 rings (SSSR count). The summed E-state index contributed by atoms with van der Waals surface area (Å²) in [6.07, 6.45) is 0.672.